The predicted molar refractivity (Wildman–Crippen MR) is 161 cm³/mol. The molecule has 0 fully saturated rings. The van der Waals surface area contributed by atoms with E-state index in [1.807, 2.05) is 128 Å². The van der Waals surface area contributed by atoms with Crippen LogP contribution in [0.3, 0.4) is 0 Å². The Labute approximate surface area is 243 Å². The molecule has 0 bridgehead atoms. The minimum Gasteiger partial charge on any atom is -0.399 e. The molecule has 4 rings (SSSR count). The van der Waals surface area contributed by atoms with Gasteiger partial charge in [0.2, 0.25) is 0 Å². The third kappa shape index (κ3) is 10.3. The Bertz CT molecular complexity index is 1260. The zero-order chi connectivity index (χ0) is 28.5. The van der Waals surface area contributed by atoms with Gasteiger partial charge in [-0.1, -0.05) is 126 Å². The fourth-order valence-electron chi connectivity index (χ4n) is 4.41. The maximum atomic E-state index is 6.62. The summed E-state index contributed by atoms with van der Waals surface area (Å²) in [5.74, 6) is 0. The first-order valence-corrected chi connectivity index (χ1v) is 13.9. The largest absolute Gasteiger partial charge is 0.399 e. The van der Waals surface area contributed by atoms with E-state index in [0.717, 1.165) is 22.3 Å². The van der Waals surface area contributed by atoms with Crippen molar-refractivity contribution >= 4 is 6.21 Å². The number of rotatable bonds is 17. The lowest BCUT2D eigenvalue weighted by Gasteiger charge is -2.35. The maximum Gasteiger partial charge on any atom is 0.125 e. The second-order valence-corrected chi connectivity index (χ2v) is 9.72. The molecule has 0 amide bonds. The molecule has 214 valence electrons. The van der Waals surface area contributed by atoms with Crippen LogP contribution in [0.15, 0.2) is 126 Å². The molecule has 4 aromatic rings. The summed E-state index contributed by atoms with van der Waals surface area (Å²) in [6.45, 7) is 3.59. The molecule has 0 unspecified atom stereocenters. The zero-order valence-corrected chi connectivity index (χ0v) is 23.8. The molecule has 41 heavy (non-hydrogen) atoms. The minimum atomic E-state index is -0.581. The summed E-state index contributed by atoms with van der Waals surface area (Å²) < 4.78 is 26.1. The highest BCUT2D eigenvalue weighted by Gasteiger charge is 2.36. The van der Waals surface area contributed by atoms with Crippen molar-refractivity contribution in [3.05, 3.63) is 144 Å². The molecule has 0 aliphatic carbocycles. The molecule has 0 spiro atoms. The Morgan fingerprint density at radius 1 is 0.512 bits per heavy atom. The Kier molecular flexibility index (Phi) is 12.6. The van der Waals surface area contributed by atoms with Crippen molar-refractivity contribution in [2.45, 2.75) is 57.8 Å². The monoisotopic (exact) mass is 553 g/mol. The van der Waals surface area contributed by atoms with Gasteiger partial charge in [-0.05, 0) is 29.2 Å². The average Bonchev–Trinajstić information content (AvgIpc) is 3.04. The molecular weight excluding hydrogens is 514 g/mol. The summed E-state index contributed by atoms with van der Waals surface area (Å²) in [7, 11) is 1.51. The van der Waals surface area contributed by atoms with Crippen LogP contribution in [0.4, 0.5) is 0 Å². The maximum absolute atomic E-state index is 6.62. The Morgan fingerprint density at radius 3 is 1.29 bits per heavy atom. The first-order valence-electron chi connectivity index (χ1n) is 13.9. The van der Waals surface area contributed by atoms with Gasteiger partial charge in [0, 0.05) is 0 Å². The molecule has 0 N–H and O–H groups in total. The van der Waals surface area contributed by atoms with Gasteiger partial charge in [0.25, 0.3) is 0 Å². The molecule has 0 radical (unpaired) electrons. The third-order valence-electron chi connectivity index (χ3n) is 6.63. The second-order valence-electron chi connectivity index (χ2n) is 9.72. The molecule has 0 aromatic heterocycles. The minimum absolute atomic E-state index is 0.335. The van der Waals surface area contributed by atoms with Crippen LogP contribution in [0.1, 0.15) is 29.2 Å². The predicted octanol–water partition coefficient (Wildman–Crippen LogP) is 6.98. The molecule has 6 nitrogen and oxygen atoms in total. The van der Waals surface area contributed by atoms with Gasteiger partial charge in [-0.3, -0.25) is 0 Å². The van der Waals surface area contributed by atoms with Crippen LogP contribution in [0.25, 0.3) is 0 Å². The number of oxime groups is 1. The van der Waals surface area contributed by atoms with E-state index in [-0.39, 0.29) is 6.10 Å². The first-order chi connectivity index (χ1) is 20.2. The quantitative estimate of drug-likeness (QED) is 0.104. The van der Waals surface area contributed by atoms with Crippen LogP contribution < -0.4 is 0 Å². The molecule has 6 heteroatoms. The van der Waals surface area contributed by atoms with E-state index in [1.54, 1.807) is 6.21 Å². The molecular formula is C35H39NO5. The lowest BCUT2D eigenvalue weighted by Crippen LogP contribution is -2.49. The van der Waals surface area contributed by atoms with E-state index in [1.165, 1.54) is 7.11 Å². The number of ether oxygens (including phenoxy) is 4. The number of nitrogens with zero attached hydrogens (tertiary/aromatic N) is 1. The van der Waals surface area contributed by atoms with Gasteiger partial charge < -0.3 is 23.8 Å². The normalized spacial score (nSPS) is 14.4. The fourth-order valence-corrected chi connectivity index (χ4v) is 4.41. The van der Waals surface area contributed by atoms with Gasteiger partial charge in [0.15, 0.2) is 0 Å². The molecule has 0 saturated heterocycles. The van der Waals surface area contributed by atoms with Crippen molar-refractivity contribution < 1.29 is 23.8 Å². The van der Waals surface area contributed by atoms with Crippen LogP contribution in [-0.2, 0) is 50.2 Å². The smallest absolute Gasteiger partial charge is 0.125 e. The first kappa shape index (κ1) is 30.2. The fraction of sp³-hybridized carbons (Fsp3) is 0.286. The molecule has 0 aliphatic rings. The lowest BCUT2D eigenvalue weighted by atomic mass is 10.0. The molecule has 0 aliphatic heterocycles. The Hall–Kier alpha value is -3.81. The van der Waals surface area contributed by atoms with Crippen LogP contribution in [0, 0.1) is 0 Å². The van der Waals surface area contributed by atoms with E-state index < -0.39 is 18.3 Å². The van der Waals surface area contributed by atoms with Crippen molar-refractivity contribution in [1.82, 2.24) is 0 Å². The van der Waals surface area contributed by atoms with Crippen molar-refractivity contribution in [3.63, 3.8) is 0 Å². The second kappa shape index (κ2) is 17.1. The summed E-state index contributed by atoms with van der Waals surface area (Å²) in [6, 6.07) is 40.3. The standard InChI is InChI=1S/C35H39NO5/c1-28(38-24-29-15-7-3-8-16-29)34(40-26-31-19-11-5-12-20-31)35(41-27-32-21-13-6-14-22-32)33(23-36-37-2)39-25-30-17-9-4-10-18-30/h3-23,28,33-35H,24-27H2,1-2H3/b36-23+/t28-,33-,34-,35-/m0/s1. The number of benzene rings is 4. The Balaban J connectivity index is 1.61. The van der Waals surface area contributed by atoms with Crippen molar-refractivity contribution in [1.29, 1.82) is 0 Å². The Morgan fingerprint density at radius 2 is 0.878 bits per heavy atom. The van der Waals surface area contributed by atoms with Crippen LogP contribution in [0.5, 0.6) is 0 Å². The molecule has 4 atom stereocenters. The molecule has 0 saturated carbocycles. The summed E-state index contributed by atoms with van der Waals surface area (Å²) in [6.07, 6.45) is -0.332. The summed E-state index contributed by atoms with van der Waals surface area (Å²) in [5, 5.41) is 4.09. The van der Waals surface area contributed by atoms with Gasteiger partial charge >= 0.3 is 0 Å². The van der Waals surface area contributed by atoms with Crippen molar-refractivity contribution in [2.24, 2.45) is 5.16 Å². The van der Waals surface area contributed by atoms with E-state index >= 15 is 0 Å². The van der Waals surface area contributed by atoms with E-state index in [9.17, 15) is 0 Å². The molecule has 0 heterocycles. The van der Waals surface area contributed by atoms with Gasteiger partial charge in [-0.15, -0.1) is 0 Å². The van der Waals surface area contributed by atoms with Gasteiger partial charge in [0.1, 0.15) is 25.4 Å². The number of hydrogen-bond acceptors (Lipinski definition) is 6. The summed E-state index contributed by atoms with van der Waals surface area (Å²) >= 11 is 0. The van der Waals surface area contributed by atoms with Gasteiger partial charge in [0.05, 0.1) is 38.7 Å². The van der Waals surface area contributed by atoms with Gasteiger partial charge in [-0.2, -0.15) is 0 Å². The zero-order valence-electron chi connectivity index (χ0n) is 23.8. The van der Waals surface area contributed by atoms with E-state index in [4.69, 9.17) is 23.8 Å². The highest BCUT2D eigenvalue weighted by Crippen LogP contribution is 2.22. The lowest BCUT2D eigenvalue weighted by molar-refractivity contribution is -0.173. The van der Waals surface area contributed by atoms with Crippen LogP contribution in [-0.4, -0.2) is 37.7 Å². The number of hydrogen-bond donors (Lipinski definition) is 0. The third-order valence-corrected chi connectivity index (χ3v) is 6.63. The topological polar surface area (TPSA) is 58.5 Å². The van der Waals surface area contributed by atoms with Gasteiger partial charge in [-0.25, -0.2) is 0 Å². The van der Waals surface area contributed by atoms with E-state index in [2.05, 4.69) is 5.16 Å². The van der Waals surface area contributed by atoms with E-state index in [0.29, 0.717) is 26.4 Å². The average molecular weight is 554 g/mol. The summed E-state index contributed by atoms with van der Waals surface area (Å²) in [4.78, 5) is 5.07. The SMILES string of the molecule is CO/N=C/[C@H](OCc1ccccc1)[C@H](OCc1ccccc1)[C@@H](OCc1ccccc1)[C@H](C)OCc1ccccc1. The van der Waals surface area contributed by atoms with Crippen molar-refractivity contribution in [3.8, 4) is 0 Å². The summed E-state index contributed by atoms with van der Waals surface area (Å²) in [5.41, 5.74) is 4.23. The highest BCUT2D eigenvalue weighted by molar-refractivity contribution is 5.63. The van der Waals surface area contributed by atoms with Crippen LogP contribution in [0.2, 0.25) is 0 Å². The van der Waals surface area contributed by atoms with Crippen LogP contribution >= 0.6 is 0 Å². The highest BCUT2D eigenvalue weighted by atomic mass is 16.6. The molecule has 4 aromatic carbocycles. The van der Waals surface area contributed by atoms with Crippen molar-refractivity contribution in [2.75, 3.05) is 7.11 Å².